The average molecular weight is 984 g/mol. The fraction of sp³-hybridized carbons (Fsp3) is 0.897. The number of nitrogens with zero attached hydrogens (tertiary/aromatic N) is 1. The molecule has 0 aromatic heterocycles. The van der Waals surface area contributed by atoms with Crippen LogP contribution in [0.15, 0.2) is 24.3 Å². The van der Waals surface area contributed by atoms with E-state index in [4.69, 9.17) is 18.5 Å². The third-order valence-corrected chi connectivity index (χ3v) is 14.0. The summed E-state index contributed by atoms with van der Waals surface area (Å²) in [5.41, 5.74) is 0. The van der Waals surface area contributed by atoms with Crippen molar-refractivity contribution in [1.82, 2.24) is 0 Å². The largest absolute Gasteiger partial charge is 0.472 e. The zero-order valence-corrected chi connectivity index (χ0v) is 46.5. The van der Waals surface area contributed by atoms with Crippen LogP contribution < -0.4 is 0 Å². The van der Waals surface area contributed by atoms with Gasteiger partial charge < -0.3 is 18.9 Å². The lowest BCUT2D eigenvalue weighted by Crippen LogP contribution is -2.37. The van der Waals surface area contributed by atoms with Gasteiger partial charge in [0.2, 0.25) is 0 Å². The number of esters is 2. The number of phosphoric acid groups is 1. The molecule has 68 heavy (non-hydrogen) atoms. The molecule has 0 aliphatic rings. The van der Waals surface area contributed by atoms with Crippen LogP contribution in [0.3, 0.4) is 0 Å². The normalized spacial score (nSPS) is 13.4. The van der Waals surface area contributed by atoms with Crippen LogP contribution in [0.1, 0.15) is 284 Å². The van der Waals surface area contributed by atoms with Gasteiger partial charge in [0, 0.05) is 12.8 Å². The molecular weight excluding hydrogens is 870 g/mol. The zero-order valence-electron chi connectivity index (χ0n) is 45.6. The number of quaternary nitrogens is 1. The Morgan fingerprint density at radius 2 is 0.794 bits per heavy atom. The highest BCUT2D eigenvalue weighted by Crippen LogP contribution is 2.43. The number of hydrogen-bond acceptors (Lipinski definition) is 7. The highest BCUT2D eigenvalue weighted by atomic mass is 31.2. The molecule has 0 saturated heterocycles. The van der Waals surface area contributed by atoms with Crippen LogP contribution in [0.25, 0.3) is 0 Å². The lowest BCUT2D eigenvalue weighted by atomic mass is 10.0. The number of carbonyl (C=O) groups is 2. The minimum absolute atomic E-state index is 0.0310. The Bertz CT molecular complexity index is 1200. The second-order valence-corrected chi connectivity index (χ2v) is 22.5. The Kier molecular flexibility index (Phi) is 49.3. The SMILES string of the molecule is CCCCCC/C=C\C/C=C\CCCCCCCC(=O)OC(COC(=O)CCCCCCCCCCCCCCCCCCCCCCCCCCCCCC)COP(=O)(O)OCC[N+](C)(C)C. The molecule has 0 rings (SSSR count). The van der Waals surface area contributed by atoms with E-state index in [0.29, 0.717) is 23.9 Å². The van der Waals surface area contributed by atoms with Gasteiger partial charge >= 0.3 is 19.8 Å². The maximum Gasteiger partial charge on any atom is 0.472 e. The van der Waals surface area contributed by atoms with Crippen molar-refractivity contribution in [3.63, 3.8) is 0 Å². The molecule has 10 heteroatoms. The van der Waals surface area contributed by atoms with Gasteiger partial charge in [-0.2, -0.15) is 0 Å². The number of allylic oxidation sites excluding steroid dienone is 4. The Morgan fingerprint density at radius 1 is 0.456 bits per heavy atom. The van der Waals surface area contributed by atoms with Gasteiger partial charge in [0.1, 0.15) is 19.8 Å². The van der Waals surface area contributed by atoms with E-state index in [1.54, 1.807) is 0 Å². The summed E-state index contributed by atoms with van der Waals surface area (Å²) in [5, 5.41) is 0. The molecule has 0 radical (unpaired) electrons. The first-order chi connectivity index (χ1) is 33.0. The fourth-order valence-electron chi connectivity index (χ4n) is 8.46. The molecular formula is C58H113NO8P+. The van der Waals surface area contributed by atoms with Crippen LogP contribution in [-0.4, -0.2) is 74.9 Å². The van der Waals surface area contributed by atoms with E-state index < -0.39 is 26.5 Å². The van der Waals surface area contributed by atoms with Gasteiger partial charge in [0.25, 0.3) is 0 Å². The second kappa shape index (κ2) is 50.4. The van der Waals surface area contributed by atoms with Crippen molar-refractivity contribution in [3.05, 3.63) is 24.3 Å². The van der Waals surface area contributed by atoms with Crippen molar-refractivity contribution in [2.45, 2.75) is 290 Å². The summed E-state index contributed by atoms with van der Waals surface area (Å²) in [7, 11) is 1.48. The van der Waals surface area contributed by atoms with Crippen molar-refractivity contribution in [2.24, 2.45) is 0 Å². The number of carbonyl (C=O) groups excluding carboxylic acids is 2. The Labute approximate surface area is 421 Å². The van der Waals surface area contributed by atoms with Crippen LogP contribution in [0.2, 0.25) is 0 Å². The monoisotopic (exact) mass is 983 g/mol. The number of unbranched alkanes of at least 4 members (excludes halogenated alkanes) is 36. The van der Waals surface area contributed by atoms with E-state index in [-0.39, 0.29) is 25.6 Å². The van der Waals surface area contributed by atoms with E-state index in [0.717, 1.165) is 57.8 Å². The molecule has 0 spiro atoms. The number of ether oxygens (including phenoxy) is 2. The van der Waals surface area contributed by atoms with Crippen LogP contribution in [0, 0.1) is 0 Å². The molecule has 1 N–H and O–H groups in total. The zero-order chi connectivity index (χ0) is 49.9. The van der Waals surface area contributed by atoms with Gasteiger partial charge in [-0.05, 0) is 44.9 Å². The topological polar surface area (TPSA) is 108 Å². The molecule has 0 aliphatic carbocycles. The first kappa shape index (κ1) is 66.5. The molecule has 402 valence electrons. The highest BCUT2D eigenvalue weighted by molar-refractivity contribution is 7.47. The summed E-state index contributed by atoms with van der Waals surface area (Å²) >= 11 is 0. The number of rotatable bonds is 54. The predicted molar refractivity (Wildman–Crippen MR) is 289 cm³/mol. The molecule has 2 atom stereocenters. The average Bonchev–Trinajstić information content (AvgIpc) is 3.30. The maximum atomic E-state index is 12.8. The van der Waals surface area contributed by atoms with Crippen LogP contribution in [0.4, 0.5) is 0 Å². The Hall–Kier alpha value is -1.51. The lowest BCUT2D eigenvalue weighted by Gasteiger charge is -2.24. The Balaban J connectivity index is 4.06. The summed E-state index contributed by atoms with van der Waals surface area (Å²) in [4.78, 5) is 35.6. The second-order valence-electron chi connectivity index (χ2n) is 21.0. The Morgan fingerprint density at radius 3 is 1.18 bits per heavy atom. The third-order valence-electron chi connectivity index (χ3n) is 13.0. The maximum absolute atomic E-state index is 12.8. The first-order valence-electron chi connectivity index (χ1n) is 29.1. The van der Waals surface area contributed by atoms with Crippen molar-refractivity contribution in [3.8, 4) is 0 Å². The molecule has 0 bridgehead atoms. The van der Waals surface area contributed by atoms with Gasteiger partial charge in [-0.1, -0.05) is 250 Å². The van der Waals surface area contributed by atoms with Crippen molar-refractivity contribution in [2.75, 3.05) is 47.5 Å². The smallest absolute Gasteiger partial charge is 0.462 e. The van der Waals surface area contributed by atoms with E-state index in [1.165, 1.54) is 193 Å². The number of phosphoric ester groups is 1. The molecule has 0 heterocycles. The summed E-state index contributed by atoms with van der Waals surface area (Å²) < 4.78 is 34.5. The van der Waals surface area contributed by atoms with Gasteiger partial charge in [-0.3, -0.25) is 18.6 Å². The van der Waals surface area contributed by atoms with E-state index in [9.17, 15) is 19.0 Å². The van der Waals surface area contributed by atoms with Crippen molar-refractivity contribution < 1.29 is 42.1 Å². The lowest BCUT2D eigenvalue weighted by molar-refractivity contribution is -0.870. The van der Waals surface area contributed by atoms with Gasteiger partial charge in [0.15, 0.2) is 6.10 Å². The fourth-order valence-corrected chi connectivity index (χ4v) is 9.20. The minimum Gasteiger partial charge on any atom is -0.462 e. The van der Waals surface area contributed by atoms with E-state index >= 15 is 0 Å². The van der Waals surface area contributed by atoms with Gasteiger partial charge in [-0.25, -0.2) is 4.57 Å². The number of hydrogen-bond donors (Lipinski definition) is 1. The van der Waals surface area contributed by atoms with Crippen LogP contribution in [0.5, 0.6) is 0 Å². The molecule has 0 saturated carbocycles. The van der Waals surface area contributed by atoms with Crippen LogP contribution in [-0.2, 0) is 32.7 Å². The van der Waals surface area contributed by atoms with Crippen LogP contribution >= 0.6 is 7.82 Å². The highest BCUT2D eigenvalue weighted by Gasteiger charge is 2.27. The quantitative estimate of drug-likeness (QED) is 0.0211. The van der Waals surface area contributed by atoms with Gasteiger partial charge in [-0.15, -0.1) is 0 Å². The summed E-state index contributed by atoms with van der Waals surface area (Å²) in [6.07, 6.45) is 59.7. The number of likely N-dealkylation sites (N-methyl/N-ethyl adjacent to an activating group) is 1. The summed E-state index contributed by atoms with van der Waals surface area (Å²) in [6.45, 7) is 4.44. The van der Waals surface area contributed by atoms with E-state index in [1.807, 2.05) is 21.1 Å². The molecule has 0 aromatic rings. The summed E-state index contributed by atoms with van der Waals surface area (Å²) in [5.74, 6) is -0.799. The molecule has 2 unspecified atom stereocenters. The minimum atomic E-state index is -4.38. The molecule has 0 fully saturated rings. The van der Waals surface area contributed by atoms with E-state index in [2.05, 4.69) is 38.2 Å². The third kappa shape index (κ3) is 53.8. The van der Waals surface area contributed by atoms with Gasteiger partial charge in [0.05, 0.1) is 27.7 Å². The predicted octanol–water partition coefficient (Wildman–Crippen LogP) is 17.8. The standard InChI is InChI=1S/C58H112NO8P/c1-6-8-10-12-14-16-18-20-22-24-25-26-27-28-29-30-31-32-33-34-35-37-38-40-42-44-46-48-50-57(60)64-54-56(55-66-68(62,63)65-53-52-59(3,4)5)67-58(61)51-49-47-45-43-41-39-36-23-21-19-17-15-13-11-9-7-2/h17,19,23,36,56H,6-16,18,20-22,24-35,37-55H2,1-5H3/p+1/b19-17-,36-23-. The first-order valence-corrected chi connectivity index (χ1v) is 30.6. The summed E-state index contributed by atoms with van der Waals surface area (Å²) in [6, 6.07) is 0. The molecule has 9 nitrogen and oxygen atoms in total. The van der Waals surface area contributed by atoms with Crippen molar-refractivity contribution in [1.29, 1.82) is 0 Å². The molecule has 0 amide bonds. The molecule has 0 aromatic carbocycles. The molecule has 0 aliphatic heterocycles. The van der Waals surface area contributed by atoms with Crippen molar-refractivity contribution >= 4 is 19.8 Å².